The number of nitrogens with two attached hydrogens (primary N) is 1. The molecule has 1 aromatic carbocycles. The second-order valence-corrected chi connectivity index (χ2v) is 13.5. The van der Waals surface area contributed by atoms with E-state index in [0.29, 0.717) is 11.2 Å². The van der Waals surface area contributed by atoms with Crippen LogP contribution in [0.25, 0.3) is 5.52 Å². The van der Waals surface area contributed by atoms with Crippen LogP contribution in [0.3, 0.4) is 0 Å². The first-order valence-corrected chi connectivity index (χ1v) is 17.5. The van der Waals surface area contributed by atoms with Crippen LogP contribution in [0.1, 0.15) is 58.6 Å². The van der Waals surface area contributed by atoms with E-state index in [9.17, 15) is 18.9 Å². The number of fused-ring (bicyclic) bond motifs is 1. The van der Waals surface area contributed by atoms with Crippen LogP contribution in [-0.4, -0.2) is 82.8 Å². The standard InChI is InChI=1S/C32H41N6O10P/c1-20(31(41)46-23-11-7-5-8-12-23)37-49(42,48-24-13-9-6-10-14-24)43-17-26-28(44-21(2)39)29(45-22(3)40)32(47-26,18-34-4)27-16-15-25-30(33)35-19-36-38(25)27/h6,9-10,13-16,18-20,23,26,28-29H,5,7-8,11-12,17H2,1-4H3,(H,37,42)(H2,33,35,36)/b34-18+/t20-,26+,28+,29+,32-,49?/m0/s1. The maximum atomic E-state index is 14.4. The summed E-state index contributed by atoms with van der Waals surface area (Å²) in [6.45, 7) is 3.34. The normalized spacial score (nSPS) is 24.7. The van der Waals surface area contributed by atoms with Crippen LogP contribution in [-0.2, 0) is 48.0 Å². The van der Waals surface area contributed by atoms with Gasteiger partial charge in [0.1, 0.15) is 35.8 Å². The van der Waals surface area contributed by atoms with E-state index in [1.807, 2.05) is 0 Å². The number of nitrogens with zero attached hydrogens (tertiary/aromatic N) is 4. The summed E-state index contributed by atoms with van der Waals surface area (Å²) in [5, 5.41) is 6.99. The molecule has 3 aromatic rings. The lowest BCUT2D eigenvalue weighted by molar-refractivity contribution is -0.165. The molecule has 3 heterocycles. The fraction of sp³-hybridized carbons (Fsp3) is 0.500. The highest BCUT2D eigenvalue weighted by Crippen LogP contribution is 2.48. The molecule has 1 aliphatic carbocycles. The van der Waals surface area contributed by atoms with Crippen LogP contribution in [0.2, 0.25) is 0 Å². The Bertz CT molecular complexity index is 1710. The van der Waals surface area contributed by atoms with E-state index in [4.69, 9.17) is 33.7 Å². The summed E-state index contributed by atoms with van der Waals surface area (Å²) in [5.74, 6) is -1.67. The van der Waals surface area contributed by atoms with Crippen molar-refractivity contribution in [3.05, 3.63) is 54.5 Å². The molecule has 6 atom stereocenters. The van der Waals surface area contributed by atoms with Gasteiger partial charge >= 0.3 is 25.7 Å². The maximum Gasteiger partial charge on any atom is 0.459 e. The minimum Gasteiger partial charge on any atom is -0.461 e. The molecule has 2 aliphatic rings. The van der Waals surface area contributed by atoms with Crippen LogP contribution < -0.4 is 15.3 Å². The molecular weight excluding hydrogens is 659 g/mol. The zero-order valence-corrected chi connectivity index (χ0v) is 28.6. The van der Waals surface area contributed by atoms with Crippen molar-refractivity contribution in [2.24, 2.45) is 4.99 Å². The monoisotopic (exact) mass is 700 g/mol. The second kappa shape index (κ2) is 15.5. The topological polar surface area (TPSA) is 204 Å². The van der Waals surface area contributed by atoms with Gasteiger partial charge in [-0.1, -0.05) is 24.6 Å². The number of carbonyl (C=O) groups excluding carboxylic acids is 3. The molecule has 3 N–H and O–H groups in total. The Balaban J connectivity index is 1.48. The number of hydrogen-bond donors (Lipinski definition) is 2. The summed E-state index contributed by atoms with van der Waals surface area (Å²) < 4.78 is 51.3. The van der Waals surface area contributed by atoms with E-state index in [2.05, 4.69) is 20.2 Å². The lowest BCUT2D eigenvalue weighted by Gasteiger charge is -2.30. The van der Waals surface area contributed by atoms with Crippen molar-refractivity contribution in [3.8, 4) is 5.75 Å². The fourth-order valence-electron chi connectivity index (χ4n) is 6.05. The number of aromatic nitrogens is 3. The van der Waals surface area contributed by atoms with Gasteiger partial charge in [0.2, 0.25) is 0 Å². The van der Waals surface area contributed by atoms with E-state index in [-0.39, 0.29) is 17.7 Å². The van der Waals surface area contributed by atoms with E-state index in [1.165, 1.54) is 44.9 Å². The number of nitrogen functional groups attached to an aromatic ring is 1. The van der Waals surface area contributed by atoms with Gasteiger partial charge in [-0.2, -0.15) is 10.2 Å². The fourth-order valence-corrected chi connectivity index (χ4v) is 7.55. The van der Waals surface area contributed by atoms with Crippen LogP contribution in [0.5, 0.6) is 5.75 Å². The first-order valence-electron chi connectivity index (χ1n) is 16.0. The van der Waals surface area contributed by atoms with Crippen molar-refractivity contribution < 1.29 is 46.9 Å². The lowest BCUT2D eigenvalue weighted by Crippen LogP contribution is -2.47. The molecule has 1 aliphatic heterocycles. The Kier molecular flexibility index (Phi) is 11.3. The highest BCUT2D eigenvalue weighted by atomic mass is 31.2. The summed E-state index contributed by atoms with van der Waals surface area (Å²) in [7, 11) is -2.90. The molecule has 1 saturated heterocycles. The zero-order chi connectivity index (χ0) is 35.2. The minimum atomic E-state index is -4.38. The van der Waals surface area contributed by atoms with Crippen molar-refractivity contribution >= 4 is 43.2 Å². The van der Waals surface area contributed by atoms with Crippen LogP contribution in [0.4, 0.5) is 5.82 Å². The smallest absolute Gasteiger partial charge is 0.459 e. The van der Waals surface area contributed by atoms with Crippen LogP contribution in [0.15, 0.2) is 53.8 Å². The third-order valence-corrected chi connectivity index (χ3v) is 9.79. The van der Waals surface area contributed by atoms with E-state index in [0.717, 1.165) is 32.1 Å². The highest BCUT2D eigenvalue weighted by molar-refractivity contribution is 7.52. The van der Waals surface area contributed by atoms with Gasteiger partial charge < -0.3 is 29.2 Å². The molecule has 0 radical (unpaired) electrons. The van der Waals surface area contributed by atoms with Gasteiger partial charge in [-0.3, -0.25) is 23.9 Å². The van der Waals surface area contributed by atoms with Gasteiger partial charge in [0.15, 0.2) is 23.6 Å². The molecule has 1 saturated carbocycles. The minimum absolute atomic E-state index is 0.171. The SMILES string of the molecule is C/N=C/[C@@]1(c2ccc3c(N)ncnn23)O[C@H](COP(=O)(N[C@@H](C)C(=O)OC2CCCCC2)Oc2ccccc2)[C@@H](OC(C)=O)[C@H]1OC(C)=O. The molecule has 5 rings (SSSR count). The lowest BCUT2D eigenvalue weighted by atomic mass is 9.91. The molecule has 17 heteroatoms. The summed E-state index contributed by atoms with van der Waals surface area (Å²) >= 11 is 0. The number of aliphatic imine (C=N–C) groups is 1. The summed E-state index contributed by atoms with van der Waals surface area (Å²) in [6, 6.07) is 10.4. The largest absolute Gasteiger partial charge is 0.461 e. The van der Waals surface area contributed by atoms with E-state index >= 15 is 0 Å². The second-order valence-electron chi connectivity index (χ2n) is 11.8. The molecule has 49 heavy (non-hydrogen) atoms. The van der Waals surface area contributed by atoms with Crippen molar-refractivity contribution in [1.29, 1.82) is 0 Å². The van der Waals surface area contributed by atoms with Crippen molar-refractivity contribution in [2.75, 3.05) is 19.4 Å². The van der Waals surface area contributed by atoms with E-state index < -0.39 is 62.2 Å². The molecule has 16 nitrogen and oxygen atoms in total. The molecular formula is C32H41N6O10P. The van der Waals surface area contributed by atoms with Gasteiger partial charge in [0, 0.05) is 27.1 Å². The number of para-hydroxylation sites is 1. The number of esters is 3. The predicted octanol–water partition coefficient (Wildman–Crippen LogP) is 3.53. The van der Waals surface area contributed by atoms with E-state index in [1.54, 1.807) is 42.5 Å². The third kappa shape index (κ3) is 8.27. The number of nitrogens with one attached hydrogen (secondary N) is 1. The molecule has 264 valence electrons. The first-order chi connectivity index (χ1) is 23.4. The van der Waals surface area contributed by atoms with Gasteiger partial charge in [-0.05, 0) is 56.9 Å². The quantitative estimate of drug-likeness (QED) is 0.113. The third-order valence-electron chi connectivity index (χ3n) is 8.15. The molecule has 0 spiro atoms. The van der Waals surface area contributed by atoms with Crippen molar-refractivity contribution in [3.63, 3.8) is 0 Å². The molecule has 2 fully saturated rings. The van der Waals surface area contributed by atoms with Crippen LogP contribution in [0, 0.1) is 0 Å². The Labute approximate surface area is 283 Å². The van der Waals surface area contributed by atoms with Crippen molar-refractivity contribution in [2.45, 2.75) is 88.9 Å². The molecule has 0 amide bonds. The highest BCUT2D eigenvalue weighted by Gasteiger charge is 2.61. The Morgan fingerprint density at radius 1 is 1.10 bits per heavy atom. The maximum absolute atomic E-state index is 14.4. The average Bonchev–Trinajstić information content (AvgIpc) is 3.62. The Morgan fingerprint density at radius 3 is 2.49 bits per heavy atom. The number of hydrogen-bond acceptors (Lipinski definition) is 14. The summed E-state index contributed by atoms with van der Waals surface area (Å²) in [6.07, 6.45) is 3.06. The number of carbonyl (C=O) groups is 3. The van der Waals surface area contributed by atoms with Gasteiger partial charge in [-0.15, -0.1) is 0 Å². The van der Waals surface area contributed by atoms with Crippen molar-refractivity contribution in [1.82, 2.24) is 19.7 Å². The Morgan fingerprint density at radius 2 is 1.82 bits per heavy atom. The average molecular weight is 701 g/mol. The summed E-state index contributed by atoms with van der Waals surface area (Å²) in [5.41, 5.74) is 5.11. The summed E-state index contributed by atoms with van der Waals surface area (Å²) in [4.78, 5) is 46.2. The molecule has 0 bridgehead atoms. The molecule has 1 unspecified atom stereocenters. The predicted molar refractivity (Wildman–Crippen MR) is 176 cm³/mol. The number of anilines is 1. The zero-order valence-electron chi connectivity index (χ0n) is 27.7. The molecule has 2 aromatic heterocycles. The number of ether oxygens (including phenoxy) is 4. The Hall–Kier alpha value is -4.37. The number of rotatable bonds is 13. The van der Waals surface area contributed by atoms with Gasteiger partial charge in [-0.25, -0.2) is 14.1 Å². The number of benzene rings is 1. The first kappa shape index (κ1) is 35.9. The van der Waals surface area contributed by atoms with Gasteiger partial charge in [0.05, 0.1) is 12.3 Å². The van der Waals surface area contributed by atoms with Crippen LogP contribution >= 0.6 is 7.75 Å². The van der Waals surface area contributed by atoms with Gasteiger partial charge in [0.25, 0.3) is 0 Å².